The highest BCUT2D eigenvalue weighted by Gasteiger charge is 2.70. The Morgan fingerprint density at radius 1 is 1.00 bits per heavy atom. The van der Waals surface area contributed by atoms with E-state index in [2.05, 4.69) is 0 Å². The van der Waals surface area contributed by atoms with Crippen molar-refractivity contribution >= 4 is 43.9 Å². The van der Waals surface area contributed by atoms with E-state index in [4.69, 9.17) is 9.76 Å². The molecule has 2 saturated heterocycles. The molecule has 15 heteroatoms. The third kappa shape index (κ3) is 2.24. The van der Waals surface area contributed by atoms with Gasteiger partial charge in [0.05, 0.1) is 12.8 Å². The first-order valence-corrected chi connectivity index (χ1v) is 8.56. The maximum atomic E-state index is 12.0. The fraction of sp³-hybridized carbons (Fsp3) is 0.500. The minimum absolute atomic E-state index is 0.433. The van der Waals surface area contributed by atoms with Crippen LogP contribution in [0.2, 0.25) is 0 Å². The average molecular weight is 372 g/mol. The van der Waals surface area contributed by atoms with E-state index in [1.165, 1.54) is 0 Å². The van der Waals surface area contributed by atoms with E-state index >= 15 is 0 Å². The van der Waals surface area contributed by atoms with Crippen molar-refractivity contribution < 1.29 is 50.3 Å². The molecule has 0 bridgehead atoms. The molecule has 2 atom stereocenters. The number of carbonyl (C=O) groups is 4. The number of rotatable bonds is 3. The van der Waals surface area contributed by atoms with E-state index in [0.29, 0.717) is 0 Å². The first kappa shape index (κ1) is 17.4. The van der Waals surface area contributed by atoms with E-state index in [1.54, 1.807) is 0 Å². The molecule has 2 heterocycles. The largest absolute Gasteiger partial charge is 0.300 e. The lowest BCUT2D eigenvalue weighted by Gasteiger charge is -2.30. The van der Waals surface area contributed by atoms with Gasteiger partial charge in [0.2, 0.25) is 5.91 Å². The predicted molar refractivity (Wildman–Crippen MR) is 64.3 cm³/mol. The normalized spacial score (nSPS) is 29.8. The van der Waals surface area contributed by atoms with Crippen LogP contribution in [-0.2, 0) is 39.4 Å². The number of likely N-dealkylation sites (tertiary alicyclic amines) is 1. The lowest BCUT2D eigenvalue weighted by atomic mass is 10.2. The maximum Gasteiger partial charge on any atom is 0.300 e. The summed E-state index contributed by atoms with van der Waals surface area (Å²) in [6, 6.07) is 0. The molecule has 0 aromatic rings. The van der Waals surface area contributed by atoms with Crippen molar-refractivity contribution in [2.45, 2.75) is 23.0 Å². The molecule has 0 aromatic carbocycles. The van der Waals surface area contributed by atoms with Crippen LogP contribution in [0.4, 0.5) is 0 Å². The molecule has 23 heavy (non-hydrogen) atoms. The van der Waals surface area contributed by atoms with E-state index in [0.717, 1.165) is 0 Å². The Labute approximate surface area is 127 Å². The number of hydrogen-bond donors (Lipinski definition) is 3. The maximum absolute atomic E-state index is 12.0. The Kier molecular flexibility index (Phi) is 3.62. The van der Waals surface area contributed by atoms with Crippen molar-refractivity contribution in [2.24, 2.45) is 0 Å². The van der Waals surface area contributed by atoms with Gasteiger partial charge in [-0.05, 0) is 0 Å². The standard InChI is InChI=1S/C8H8N2O11S2/c11-4-1-3(22(16,17)18)6(13)9(4)8(23(19,20)21)2-5(12)10(15)7(8)14/h3,15H,1-2H2,(H,16,17,18)(H,19,20,21). The average Bonchev–Trinajstić information content (AvgIpc) is 2.78. The zero-order valence-corrected chi connectivity index (χ0v) is 12.4. The van der Waals surface area contributed by atoms with Crippen molar-refractivity contribution in [1.29, 1.82) is 0 Å². The number of nitrogens with zero attached hydrogens (tertiary/aromatic N) is 2. The lowest BCUT2D eigenvalue weighted by molar-refractivity contribution is -0.174. The first-order valence-electron chi connectivity index (χ1n) is 5.61. The van der Waals surface area contributed by atoms with Crippen LogP contribution >= 0.6 is 0 Å². The molecule has 2 fully saturated rings. The van der Waals surface area contributed by atoms with E-state index in [9.17, 15) is 40.6 Å². The summed E-state index contributed by atoms with van der Waals surface area (Å²) >= 11 is 0. The Morgan fingerprint density at radius 3 is 1.83 bits per heavy atom. The van der Waals surface area contributed by atoms with Gasteiger partial charge in [0.1, 0.15) is 0 Å². The van der Waals surface area contributed by atoms with Crippen molar-refractivity contribution in [2.75, 3.05) is 0 Å². The molecule has 0 spiro atoms. The lowest BCUT2D eigenvalue weighted by Crippen LogP contribution is -2.61. The van der Waals surface area contributed by atoms with E-state index in [-0.39, 0.29) is 0 Å². The summed E-state index contributed by atoms with van der Waals surface area (Å²) in [4.78, 5) is 43.1. The second-order valence-corrected chi connectivity index (χ2v) is 7.95. The zero-order chi connectivity index (χ0) is 18.0. The zero-order valence-electron chi connectivity index (χ0n) is 10.8. The van der Waals surface area contributed by atoms with Gasteiger partial charge in [0.25, 0.3) is 42.8 Å². The summed E-state index contributed by atoms with van der Waals surface area (Å²) in [5, 5.41) is 6.05. The third-order valence-electron chi connectivity index (χ3n) is 3.41. The Morgan fingerprint density at radius 2 is 1.52 bits per heavy atom. The molecule has 4 amide bonds. The van der Waals surface area contributed by atoms with Crippen LogP contribution in [0.5, 0.6) is 0 Å². The second kappa shape index (κ2) is 4.78. The number of imide groups is 2. The monoisotopic (exact) mass is 372 g/mol. The molecule has 13 nitrogen and oxygen atoms in total. The van der Waals surface area contributed by atoms with Crippen LogP contribution < -0.4 is 0 Å². The summed E-state index contributed by atoms with van der Waals surface area (Å²) in [7, 11) is -10.8. The van der Waals surface area contributed by atoms with Crippen molar-refractivity contribution in [3.63, 3.8) is 0 Å². The van der Waals surface area contributed by atoms with Gasteiger partial charge in [0, 0.05) is 0 Å². The molecule has 2 unspecified atom stereocenters. The van der Waals surface area contributed by atoms with Gasteiger partial charge in [-0.3, -0.25) is 33.5 Å². The Bertz CT molecular complexity index is 843. The molecule has 0 radical (unpaired) electrons. The summed E-state index contributed by atoms with van der Waals surface area (Å²) in [6.07, 6.45) is -2.71. The summed E-state index contributed by atoms with van der Waals surface area (Å²) in [5.41, 5.74) is 0. The molecule has 128 valence electrons. The molecule has 0 aromatic heterocycles. The second-order valence-electron chi connectivity index (χ2n) is 4.72. The first-order chi connectivity index (χ1) is 10.2. The molecular formula is C8H8N2O11S2. The molecule has 3 N–H and O–H groups in total. The van der Waals surface area contributed by atoms with Gasteiger partial charge in [-0.2, -0.15) is 21.9 Å². The number of hydrogen-bond acceptors (Lipinski definition) is 9. The molecule has 2 aliphatic heterocycles. The topological polar surface area (TPSA) is 204 Å². The van der Waals surface area contributed by atoms with Crippen LogP contribution in [-0.4, -0.2) is 74.9 Å². The van der Waals surface area contributed by atoms with Crippen molar-refractivity contribution in [3.05, 3.63) is 0 Å². The Hall–Kier alpha value is -1.94. The molecule has 2 rings (SSSR count). The number of hydroxylamine groups is 2. The predicted octanol–water partition coefficient (Wildman–Crippen LogP) is -3.27. The molecule has 0 saturated carbocycles. The number of amides is 4. The summed E-state index contributed by atoms with van der Waals surface area (Å²) in [5.74, 6) is -6.95. The van der Waals surface area contributed by atoms with Gasteiger partial charge < -0.3 is 0 Å². The van der Waals surface area contributed by atoms with Crippen LogP contribution in [0.3, 0.4) is 0 Å². The Balaban J connectivity index is 2.69. The van der Waals surface area contributed by atoms with Gasteiger partial charge in [-0.25, -0.2) is 4.90 Å². The van der Waals surface area contributed by atoms with Gasteiger partial charge >= 0.3 is 0 Å². The smallest absolute Gasteiger partial charge is 0.285 e. The summed E-state index contributed by atoms with van der Waals surface area (Å²) < 4.78 is 63.4. The van der Waals surface area contributed by atoms with Crippen molar-refractivity contribution in [3.8, 4) is 0 Å². The molecular weight excluding hydrogens is 364 g/mol. The quantitative estimate of drug-likeness (QED) is 0.254. The number of carbonyl (C=O) groups excluding carboxylic acids is 4. The van der Waals surface area contributed by atoms with Crippen LogP contribution in [0.15, 0.2) is 0 Å². The SMILES string of the molecule is O=C1CC(N2C(=O)CC(S(=O)(=O)O)C2=O)(S(=O)(=O)O)C(=O)N1O. The van der Waals surface area contributed by atoms with Crippen molar-refractivity contribution in [1.82, 2.24) is 9.96 Å². The third-order valence-corrected chi connectivity index (χ3v) is 5.85. The van der Waals surface area contributed by atoms with Gasteiger partial charge in [0.15, 0.2) is 5.25 Å². The van der Waals surface area contributed by atoms with Gasteiger partial charge in [-0.15, -0.1) is 0 Å². The minimum Gasteiger partial charge on any atom is -0.285 e. The fourth-order valence-corrected chi connectivity index (χ4v) is 4.09. The fourth-order valence-electron chi connectivity index (χ4n) is 2.34. The summed E-state index contributed by atoms with van der Waals surface area (Å²) in [6.45, 7) is 0. The molecule has 2 aliphatic rings. The van der Waals surface area contributed by atoms with E-state index in [1.807, 2.05) is 0 Å². The highest BCUT2D eigenvalue weighted by Crippen LogP contribution is 2.38. The van der Waals surface area contributed by atoms with Crippen LogP contribution in [0.25, 0.3) is 0 Å². The van der Waals surface area contributed by atoms with Crippen LogP contribution in [0, 0.1) is 0 Å². The van der Waals surface area contributed by atoms with Gasteiger partial charge in [-0.1, -0.05) is 0 Å². The highest BCUT2D eigenvalue weighted by molar-refractivity contribution is 7.88. The van der Waals surface area contributed by atoms with Crippen LogP contribution in [0.1, 0.15) is 12.8 Å². The minimum atomic E-state index is -5.66. The highest BCUT2D eigenvalue weighted by atomic mass is 32.2. The molecule has 0 aliphatic carbocycles. The van der Waals surface area contributed by atoms with E-state index < -0.39 is 76.8 Å².